The summed E-state index contributed by atoms with van der Waals surface area (Å²) in [5.74, 6) is -0.105. The van der Waals surface area contributed by atoms with E-state index in [1.807, 2.05) is 6.08 Å². The van der Waals surface area contributed by atoms with Crippen LogP contribution in [0, 0.1) is 5.92 Å². The number of methoxy groups -OCH3 is 1. The summed E-state index contributed by atoms with van der Waals surface area (Å²) in [6.07, 6.45) is 5.42. The average molecular weight is 338 g/mol. The van der Waals surface area contributed by atoms with Gasteiger partial charge in [-0.15, -0.1) is 0 Å². The third kappa shape index (κ3) is 4.99. The van der Waals surface area contributed by atoms with Crippen molar-refractivity contribution in [2.45, 2.75) is 32.3 Å². The highest BCUT2D eigenvalue weighted by Gasteiger charge is 2.21. The number of hydrogen-bond donors (Lipinski definition) is 1. The number of esters is 1. The number of rotatable bonds is 6. The zero-order valence-corrected chi connectivity index (χ0v) is 13.9. The highest BCUT2D eigenvalue weighted by Crippen LogP contribution is 2.28. The number of carbonyl (C=O) groups is 2. The van der Waals surface area contributed by atoms with Crippen LogP contribution in [0.15, 0.2) is 30.4 Å². The first kappa shape index (κ1) is 17.3. The Labute approximate surface area is 140 Å². The Morgan fingerprint density at radius 1 is 1.43 bits per heavy atom. The number of amides is 1. The van der Waals surface area contributed by atoms with Crippen LogP contribution in [0.2, 0.25) is 5.02 Å². The smallest absolute Gasteiger partial charge is 0.307 e. The highest BCUT2D eigenvalue weighted by atomic mass is 35.5. The van der Waals surface area contributed by atoms with E-state index in [-0.39, 0.29) is 11.9 Å². The van der Waals surface area contributed by atoms with Gasteiger partial charge in [0, 0.05) is 5.02 Å². The topological polar surface area (TPSA) is 64.6 Å². The molecule has 1 aromatic rings. The molecule has 1 aliphatic rings. The maximum absolute atomic E-state index is 12.2. The van der Waals surface area contributed by atoms with Crippen molar-refractivity contribution in [2.75, 3.05) is 12.4 Å². The number of nitrogens with one attached hydrogen (secondary N) is 1. The Hall–Kier alpha value is -2.01. The molecule has 1 N–H and O–H groups in total. The molecular weight excluding hydrogens is 318 g/mol. The molecule has 0 unspecified atom stereocenters. The average Bonchev–Trinajstić information content (AvgIpc) is 3.00. The van der Waals surface area contributed by atoms with Crippen molar-refractivity contribution >= 4 is 29.2 Å². The van der Waals surface area contributed by atoms with E-state index in [1.165, 1.54) is 14.0 Å². The third-order valence-electron chi connectivity index (χ3n) is 3.64. The van der Waals surface area contributed by atoms with E-state index in [2.05, 4.69) is 11.4 Å². The monoisotopic (exact) mass is 337 g/mol. The van der Waals surface area contributed by atoms with Gasteiger partial charge in [0.15, 0.2) is 6.10 Å². The molecule has 1 aromatic carbocycles. The van der Waals surface area contributed by atoms with Gasteiger partial charge in [-0.05, 0) is 43.9 Å². The van der Waals surface area contributed by atoms with Gasteiger partial charge in [0.2, 0.25) is 0 Å². The van der Waals surface area contributed by atoms with E-state index in [4.69, 9.17) is 21.1 Å². The summed E-state index contributed by atoms with van der Waals surface area (Å²) in [5.41, 5.74) is 0.437. The van der Waals surface area contributed by atoms with Crippen LogP contribution < -0.4 is 10.1 Å². The largest absolute Gasteiger partial charge is 0.495 e. The normalized spacial score (nSPS) is 17.6. The van der Waals surface area contributed by atoms with Gasteiger partial charge < -0.3 is 14.8 Å². The summed E-state index contributed by atoms with van der Waals surface area (Å²) in [4.78, 5) is 24.0. The number of halogens is 1. The van der Waals surface area contributed by atoms with E-state index in [1.54, 1.807) is 18.2 Å². The summed E-state index contributed by atoms with van der Waals surface area (Å²) in [6, 6.07) is 4.89. The molecule has 2 rings (SSSR count). The van der Waals surface area contributed by atoms with Crippen LogP contribution in [-0.4, -0.2) is 25.1 Å². The van der Waals surface area contributed by atoms with Crippen molar-refractivity contribution < 1.29 is 19.1 Å². The van der Waals surface area contributed by atoms with Crippen molar-refractivity contribution in [3.8, 4) is 5.75 Å². The van der Waals surface area contributed by atoms with Crippen molar-refractivity contribution in [3.63, 3.8) is 0 Å². The molecule has 0 saturated carbocycles. The number of ether oxygens (including phenoxy) is 2. The molecule has 124 valence electrons. The minimum absolute atomic E-state index is 0.214. The molecule has 2 atom stereocenters. The lowest BCUT2D eigenvalue weighted by atomic mass is 10.1. The van der Waals surface area contributed by atoms with E-state index in [0.29, 0.717) is 22.9 Å². The van der Waals surface area contributed by atoms with Gasteiger partial charge in [0.05, 0.1) is 19.2 Å². The fourth-order valence-electron chi connectivity index (χ4n) is 2.39. The Kier molecular flexibility index (Phi) is 6.04. The minimum Gasteiger partial charge on any atom is -0.495 e. The Balaban J connectivity index is 1.90. The SMILES string of the molecule is COc1ccc(Cl)cc1NC(=O)[C@H](C)OC(=O)C[C@@H]1C=CCC1. The van der Waals surface area contributed by atoms with Crippen LogP contribution in [0.4, 0.5) is 5.69 Å². The molecule has 23 heavy (non-hydrogen) atoms. The number of allylic oxidation sites excluding steroid dienone is 2. The first-order valence-corrected chi connectivity index (χ1v) is 7.88. The molecule has 1 amide bonds. The number of hydrogen-bond acceptors (Lipinski definition) is 4. The van der Waals surface area contributed by atoms with Gasteiger partial charge in [-0.2, -0.15) is 0 Å². The quantitative estimate of drug-likeness (QED) is 0.636. The van der Waals surface area contributed by atoms with Gasteiger partial charge in [0.1, 0.15) is 5.75 Å². The van der Waals surface area contributed by atoms with Gasteiger partial charge in [-0.1, -0.05) is 23.8 Å². The number of anilines is 1. The zero-order chi connectivity index (χ0) is 16.8. The van der Waals surface area contributed by atoms with Gasteiger partial charge in [-0.3, -0.25) is 9.59 Å². The van der Waals surface area contributed by atoms with E-state index >= 15 is 0 Å². The Morgan fingerprint density at radius 2 is 2.22 bits per heavy atom. The van der Waals surface area contributed by atoms with Gasteiger partial charge >= 0.3 is 5.97 Å². The molecule has 0 radical (unpaired) electrons. The highest BCUT2D eigenvalue weighted by molar-refractivity contribution is 6.31. The Morgan fingerprint density at radius 3 is 2.87 bits per heavy atom. The van der Waals surface area contributed by atoms with Crippen molar-refractivity contribution in [2.24, 2.45) is 5.92 Å². The molecule has 0 fully saturated rings. The van der Waals surface area contributed by atoms with Crippen molar-refractivity contribution in [3.05, 3.63) is 35.4 Å². The van der Waals surface area contributed by atoms with Gasteiger partial charge in [-0.25, -0.2) is 0 Å². The molecule has 0 heterocycles. The zero-order valence-electron chi connectivity index (χ0n) is 13.2. The van der Waals surface area contributed by atoms with E-state index < -0.39 is 12.0 Å². The number of benzene rings is 1. The second-order valence-electron chi connectivity index (χ2n) is 5.44. The first-order valence-electron chi connectivity index (χ1n) is 7.50. The fourth-order valence-corrected chi connectivity index (χ4v) is 2.56. The Bertz CT molecular complexity index is 615. The standard InChI is InChI=1S/C17H20ClNO4/c1-11(23-16(20)9-12-5-3-4-6-12)17(21)19-14-10-13(18)7-8-15(14)22-2/h3,5,7-8,10-12H,4,6,9H2,1-2H3,(H,19,21)/t11-,12+/m0/s1. The molecule has 6 heteroatoms. The maximum atomic E-state index is 12.2. The van der Waals surface area contributed by atoms with Gasteiger partial charge in [0.25, 0.3) is 5.91 Å². The fraction of sp³-hybridized carbons (Fsp3) is 0.412. The lowest BCUT2D eigenvalue weighted by Gasteiger charge is -2.16. The maximum Gasteiger partial charge on any atom is 0.307 e. The first-order chi connectivity index (χ1) is 11.0. The van der Waals surface area contributed by atoms with E-state index in [0.717, 1.165) is 12.8 Å². The summed E-state index contributed by atoms with van der Waals surface area (Å²) < 4.78 is 10.4. The third-order valence-corrected chi connectivity index (χ3v) is 3.87. The van der Waals surface area contributed by atoms with Crippen LogP contribution in [0.3, 0.4) is 0 Å². The molecule has 0 saturated heterocycles. The van der Waals surface area contributed by atoms with Crippen molar-refractivity contribution in [1.29, 1.82) is 0 Å². The lowest BCUT2D eigenvalue weighted by molar-refractivity contribution is -0.153. The molecule has 5 nitrogen and oxygen atoms in total. The second-order valence-corrected chi connectivity index (χ2v) is 5.87. The molecular formula is C17H20ClNO4. The summed E-state index contributed by atoms with van der Waals surface area (Å²) in [7, 11) is 1.50. The van der Waals surface area contributed by atoms with Crippen LogP contribution in [0.1, 0.15) is 26.2 Å². The number of carbonyl (C=O) groups excluding carboxylic acids is 2. The lowest BCUT2D eigenvalue weighted by Crippen LogP contribution is -2.30. The predicted octanol–water partition coefficient (Wildman–Crippen LogP) is 3.58. The van der Waals surface area contributed by atoms with Crippen molar-refractivity contribution in [1.82, 2.24) is 0 Å². The summed E-state index contributed by atoms with van der Waals surface area (Å²) in [6.45, 7) is 1.54. The molecule has 0 aromatic heterocycles. The summed E-state index contributed by atoms with van der Waals surface area (Å²) in [5, 5.41) is 3.13. The second kappa shape index (κ2) is 8.02. The van der Waals surface area contributed by atoms with Crippen LogP contribution in [0.25, 0.3) is 0 Å². The van der Waals surface area contributed by atoms with Crippen LogP contribution >= 0.6 is 11.6 Å². The minimum atomic E-state index is -0.892. The summed E-state index contributed by atoms with van der Waals surface area (Å²) >= 11 is 5.92. The molecule has 0 aliphatic heterocycles. The molecule has 0 bridgehead atoms. The molecule has 1 aliphatic carbocycles. The van der Waals surface area contributed by atoms with E-state index in [9.17, 15) is 9.59 Å². The van der Waals surface area contributed by atoms with Crippen LogP contribution in [0.5, 0.6) is 5.75 Å². The predicted molar refractivity (Wildman–Crippen MR) is 88.7 cm³/mol. The van der Waals surface area contributed by atoms with Crippen LogP contribution in [-0.2, 0) is 14.3 Å². The molecule has 0 spiro atoms.